The number of rotatable bonds is 8. The minimum atomic E-state index is -3.51. The van der Waals surface area contributed by atoms with Crippen LogP contribution in [0.15, 0.2) is 0 Å². The van der Waals surface area contributed by atoms with E-state index in [1.54, 1.807) is 0 Å². The van der Waals surface area contributed by atoms with Crippen molar-refractivity contribution in [3.05, 3.63) is 0 Å². The second-order valence-electron chi connectivity index (χ2n) is 3.63. The fraction of sp³-hybridized carbons (Fsp3) is 1.00. The number of sulfonamides is 1. The van der Waals surface area contributed by atoms with E-state index in [0.717, 1.165) is 6.26 Å². The normalized spacial score (nSPS) is 13.2. The van der Waals surface area contributed by atoms with E-state index in [1.807, 2.05) is 6.92 Å². The van der Waals surface area contributed by atoms with Gasteiger partial charge in [0.25, 0.3) is 0 Å². The zero-order valence-corrected chi connectivity index (χ0v) is 11.3. The van der Waals surface area contributed by atoms with Crippen molar-refractivity contribution in [2.75, 3.05) is 37.4 Å². The summed E-state index contributed by atoms with van der Waals surface area (Å²) in [5.41, 5.74) is 5.31. The maximum absolute atomic E-state index is 11.8. The lowest BCUT2D eigenvalue weighted by molar-refractivity contribution is 0.418. The van der Waals surface area contributed by atoms with Gasteiger partial charge < -0.3 is 5.73 Å². The third-order valence-corrected chi connectivity index (χ3v) is 5.03. The van der Waals surface area contributed by atoms with Gasteiger partial charge in [-0.25, -0.2) is 21.1 Å². The molecule has 0 aliphatic rings. The molecule has 2 N–H and O–H groups in total. The van der Waals surface area contributed by atoms with Crippen LogP contribution in [-0.4, -0.2) is 58.5 Å². The molecule has 16 heavy (non-hydrogen) atoms. The Bertz CT molecular complexity index is 382. The largest absolute Gasteiger partial charge is 0.329 e. The topological polar surface area (TPSA) is 97.5 Å². The minimum absolute atomic E-state index is 0.234. The van der Waals surface area contributed by atoms with Gasteiger partial charge >= 0.3 is 0 Å². The summed E-state index contributed by atoms with van der Waals surface area (Å²) in [7, 11) is -6.76. The van der Waals surface area contributed by atoms with Gasteiger partial charge in [-0.2, -0.15) is 0 Å². The minimum Gasteiger partial charge on any atom is -0.329 e. The van der Waals surface area contributed by atoms with Crippen molar-refractivity contribution in [1.29, 1.82) is 0 Å². The van der Waals surface area contributed by atoms with Crippen LogP contribution in [0.4, 0.5) is 0 Å². The molecule has 0 atom stereocenters. The Hall–Kier alpha value is -0.180. The molecule has 8 heteroatoms. The zero-order chi connectivity index (χ0) is 12.8. The van der Waals surface area contributed by atoms with Gasteiger partial charge in [0.1, 0.15) is 9.84 Å². The molecule has 0 amide bonds. The molecule has 0 aromatic heterocycles. The molecule has 0 aliphatic carbocycles. The highest BCUT2D eigenvalue weighted by atomic mass is 32.2. The zero-order valence-electron chi connectivity index (χ0n) is 9.72. The third-order valence-electron chi connectivity index (χ3n) is 1.96. The SMILES string of the molecule is CCCN(CCN)S(=O)(=O)CCS(C)(=O)=O. The lowest BCUT2D eigenvalue weighted by atomic mass is 10.5. The molecule has 0 aromatic carbocycles. The summed E-state index contributed by atoms with van der Waals surface area (Å²) in [4.78, 5) is 0. The second kappa shape index (κ2) is 6.53. The molecular weight excluding hydrogens is 252 g/mol. The lowest BCUT2D eigenvalue weighted by Crippen LogP contribution is -2.38. The van der Waals surface area contributed by atoms with Crippen molar-refractivity contribution < 1.29 is 16.8 Å². The molecule has 98 valence electrons. The molecule has 0 saturated heterocycles. The smallest absolute Gasteiger partial charge is 0.215 e. The van der Waals surface area contributed by atoms with Crippen LogP contribution in [-0.2, 0) is 19.9 Å². The first-order valence-corrected chi connectivity index (χ1v) is 8.75. The predicted molar refractivity (Wildman–Crippen MR) is 64.4 cm³/mol. The Morgan fingerprint density at radius 1 is 1.06 bits per heavy atom. The average Bonchev–Trinajstić information content (AvgIpc) is 2.14. The van der Waals surface area contributed by atoms with Crippen LogP contribution in [0.3, 0.4) is 0 Å². The third kappa shape index (κ3) is 6.41. The van der Waals surface area contributed by atoms with Crippen LogP contribution in [0.2, 0.25) is 0 Å². The van der Waals surface area contributed by atoms with Crippen LogP contribution in [0.5, 0.6) is 0 Å². The van der Waals surface area contributed by atoms with E-state index in [9.17, 15) is 16.8 Å². The van der Waals surface area contributed by atoms with E-state index in [0.29, 0.717) is 13.0 Å². The van der Waals surface area contributed by atoms with Crippen molar-refractivity contribution >= 4 is 19.9 Å². The van der Waals surface area contributed by atoms with E-state index in [4.69, 9.17) is 5.73 Å². The van der Waals surface area contributed by atoms with Crippen LogP contribution in [0.1, 0.15) is 13.3 Å². The fourth-order valence-electron chi connectivity index (χ4n) is 1.17. The summed E-state index contributed by atoms with van der Waals surface area (Å²) in [5.74, 6) is -0.716. The monoisotopic (exact) mass is 272 g/mol. The quantitative estimate of drug-likeness (QED) is 0.613. The Labute approximate surface area is 97.8 Å². The summed E-state index contributed by atoms with van der Waals surface area (Å²) in [5, 5.41) is 0. The molecule has 0 fully saturated rings. The Balaban J connectivity index is 4.60. The van der Waals surface area contributed by atoms with Gasteiger partial charge in [-0.15, -0.1) is 0 Å². The molecule has 0 aliphatic heterocycles. The first-order chi connectivity index (χ1) is 7.23. The summed E-state index contributed by atoms with van der Waals surface area (Å²) in [6.45, 7) is 2.71. The van der Waals surface area contributed by atoms with Crippen LogP contribution in [0.25, 0.3) is 0 Å². The van der Waals surface area contributed by atoms with Crippen LogP contribution >= 0.6 is 0 Å². The summed E-state index contributed by atoms with van der Waals surface area (Å²) >= 11 is 0. The van der Waals surface area contributed by atoms with E-state index < -0.39 is 19.9 Å². The highest BCUT2D eigenvalue weighted by Gasteiger charge is 2.22. The molecule has 0 aromatic rings. The molecule has 0 spiro atoms. The molecule has 0 bridgehead atoms. The fourth-order valence-corrected chi connectivity index (χ4v) is 4.33. The maximum Gasteiger partial charge on any atom is 0.215 e. The van der Waals surface area contributed by atoms with E-state index in [2.05, 4.69) is 0 Å². The van der Waals surface area contributed by atoms with Crippen molar-refractivity contribution in [3.8, 4) is 0 Å². The number of hydrogen-bond donors (Lipinski definition) is 1. The molecule has 0 radical (unpaired) electrons. The van der Waals surface area contributed by atoms with Crippen LogP contribution in [0, 0.1) is 0 Å². The summed E-state index contributed by atoms with van der Waals surface area (Å²) in [6, 6.07) is 0. The van der Waals surface area contributed by atoms with Crippen molar-refractivity contribution in [2.45, 2.75) is 13.3 Å². The van der Waals surface area contributed by atoms with E-state index in [1.165, 1.54) is 4.31 Å². The standard InChI is InChI=1S/C8H20N2O4S2/c1-3-5-10(6-4-9)16(13,14)8-7-15(2,11)12/h3-9H2,1-2H3. The van der Waals surface area contributed by atoms with Gasteiger partial charge in [0.15, 0.2) is 0 Å². The Kier molecular flexibility index (Phi) is 6.46. The number of sulfone groups is 1. The van der Waals surface area contributed by atoms with E-state index >= 15 is 0 Å². The summed E-state index contributed by atoms with van der Waals surface area (Å²) < 4.78 is 46.6. The Morgan fingerprint density at radius 2 is 1.62 bits per heavy atom. The molecular formula is C8H20N2O4S2. The lowest BCUT2D eigenvalue weighted by Gasteiger charge is -2.20. The van der Waals surface area contributed by atoms with Gasteiger partial charge in [-0.05, 0) is 6.42 Å². The Morgan fingerprint density at radius 3 is 2.00 bits per heavy atom. The highest BCUT2D eigenvalue weighted by Crippen LogP contribution is 2.03. The van der Waals surface area contributed by atoms with Gasteiger partial charge in [0.05, 0.1) is 11.5 Å². The second-order valence-corrected chi connectivity index (χ2v) is 7.98. The number of nitrogens with zero attached hydrogens (tertiary/aromatic N) is 1. The van der Waals surface area contributed by atoms with E-state index in [-0.39, 0.29) is 24.6 Å². The number of nitrogens with two attached hydrogens (primary N) is 1. The van der Waals surface area contributed by atoms with Crippen LogP contribution < -0.4 is 5.73 Å². The van der Waals surface area contributed by atoms with Gasteiger partial charge in [0, 0.05) is 25.9 Å². The van der Waals surface area contributed by atoms with Gasteiger partial charge in [0.2, 0.25) is 10.0 Å². The number of hydrogen-bond acceptors (Lipinski definition) is 5. The first-order valence-electron chi connectivity index (χ1n) is 5.08. The average molecular weight is 272 g/mol. The first kappa shape index (κ1) is 15.8. The highest BCUT2D eigenvalue weighted by molar-refractivity contribution is 7.93. The predicted octanol–water partition coefficient (Wildman–Crippen LogP) is -0.968. The molecule has 0 rings (SSSR count). The summed E-state index contributed by atoms with van der Waals surface area (Å²) in [6.07, 6.45) is 1.70. The van der Waals surface area contributed by atoms with Crippen molar-refractivity contribution in [2.24, 2.45) is 5.73 Å². The molecule has 0 heterocycles. The molecule has 0 unspecified atom stereocenters. The van der Waals surface area contributed by atoms with Crippen molar-refractivity contribution in [3.63, 3.8) is 0 Å². The molecule has 0 saturated carbocycles. The van der Waals surface area contributed by atoms with Gasteiger partial charge in [-0.1, -0.05) is 6.92 Å². The molecule has 6 nitrogen and oxygen atoms in total. The van der Waals surface area contributed by atoms with Gasteiger partial charge in [-0.3, -0.25) is 0 Å². The van der Waals surface area contributed by atoms with Crippen molar-refractivity contribution in [1.82, 2.24) is 4.31 Å². The maximum atomic E-state index is 11.8.